The second kappa shape index (κ2) is 8.26. The minimum absolute atomic E-state index is 0.0947. The third-order valence-corrected chi connectivity index (χ3v) is 5.04. The Hall–Kier alpha value is -2.49. The molecule has 26 heavy (non-hydrogen) atoms. The zero-order chi connectivity index (χ0) is 18.5. The molecule has 4 heteroatoms. The molecule has 1 aliphatic carbocycles. The number of rotatable bonds is 8. The molecule has 2 aromatic rings. The molecule has 0 saturated heterocycles. The van der Waals surface area contributed by atoms with Crippen molar-refractivity contribution in [1.29, 1.82) is 0 Å². The molecule has 0 bridgehead atoms. The van der Waals surface area contributed by atoms with Crippen molar-refractivity contribution in [3.05, 3.63) is 59.2 Å². The molecule has 1 atom stereocenters. The van der Waals surface area contributed by atoms with Gasteiger partial charge < -0.3 is 14.8 Å². The topological polar surface area (TPSA) is 47.6 Å². The predicted octanol–water partition coefficient (Wildman–Crippen LogP) is 4.21. The molecule has 1 aliphatic rings. The van der Waals surface area contributed by atoms with Crippen molar-refractivity contribution in [1.82, 2.24) is 5.32 Å². The predicted molar refractivity (Wildman–Crippen MR) is 103 cm³/mol. The van der Waals surface area contributed by atoms with Gasteiger partial charge in [0, 0.05) is 13.0 Å². The Morgan fingerprint density at radius 1 is 1.08 bits per heavy atom. The van der Waals surface area contributed by atoms with Crippen molar-refractivity contribution in [2.45, 2.75) is 38.6 Å². The standard InChI is InChI=1S/C22H27NO3/c1-15-4-7-17(8-5-15)19(18-9-10-18)13-22(24)23-14-16-6-11-20(25-2)21(12-16)26-3/h4-8,11-12,18-19H,9-10,13-14H2,1-3H3,(H,23,24). The number of nitrogens with one attached hydrogen (secondary N) is 1. The summed E-state index contributed by atoms with van der Waals surface area (Å²) in [4.78, 5) is 12.5. The van der Waals surface area contributed by atoms with Gasteiger partial charge in [-0.15, -0.1) is 0 Å². The highest BCUT2D eigenvalue weighted by Gasteiger charge is 2.33. The Balaban J connectivity index is 1.60. The highest BCUT2D eigenvalue weighted by molar-refractivity contribution is 5.77. The Labute approximate surface area is 155 Å². The third-order valence-electron chi connectivity index (χ3n) is 5.04. The van der Waals surface area contributed by atoms with E-state index in [1.807, 2.05) is 18.2 Å². The summed E-state index contributed by atoms with van der Waals surface area (Å²) in [5, 5.41) is 3.05. The molecule has 0 aliphatic heterocycles. The molecule has 1 saturated carbocycles. The Bertz CT molecular complexity index is 750. The minimum Gasteiger partial charge on any atom is -0.493 e. The lowest BCUT2D eigenvalue weighted by molar-refractivity contribution is -0.121. The number of ether oxygens (including phenoxy) is 2. The van der Waals surface area contributed by atoms with Crippen LogP contribution in [-0.4, -0.2) is 20.1 Å². The molecule has 1 fully saturated rings. The molecule has 1 N–H and O–H groups in total. The molecule has 0 radical (unpaired) electrons. The van der Waals surface area contributed by atoms with Crippen LogP contribution in [0.4, 0.5) is 0 Å². The van der Waals surface area contributed by atoms with Crippen LogP contribution in [0.1, 0.15) is 41.9 Å². The fourth-order valence-electron chi connectivity index (χ4n) is 3.33. The molecular weight excluding hydrogens is 326 g/mol. The number of hydrogen-bond acceptors (Lipinski definition) is 3. The van der Waals surface area contributed by atoms with Crippen LogP contribution in [0.3, 0.4) is 0 Å². The molecule has 3 rings (SSSR count). The lowest BCUT2D eigenvalue weighted by atomic mass is 9.90. The molecule has 138 valence electrons. The highest BCUT2D eigenvalue weighted by Crippen LogP contribution is 2.44. The van der Waals surface area contributed by atoms with Crippen LogP contribution in [-0.2, 0) is 11.3 Å². The van der Waals surface area contributed by atoms with Gasteiger partial charge in [-0.2, -0.15) is 0 Å². The molecular formula is C22H27NO3. The van der Waals surface area contributed by atoms with E-state index in [4.69, 9.17) is 9.47 Å². The molecule has 0 aromatic heterocycles. The summed E-state index contributed by atoms with van der Waals surface area (Å²) in [7, 11) is 3.23. The van der Waals surface area contributed by atoms with Crippen LogP contribution in [0.2, 0.25) is 0 Å². The Morgan fingerprint density at radius 2 is 1.77 bits per heavy atom. The van der Waals surface area contributed by atoms with Crippen molar-refractivity contribution in [3.63, 3.8) is 0 Å². The van der Waals surface area contributed by atoms with E-state index in [1.165, 1.54) is 24.0 Å². The van der Waals surface area contributed by atoms with E-state index >= 15 is 0 Å². The normalized spacial score (nSPS) is 14.6. The average molecular weight is 353 g/mol. The van der Waals surface area contributed by atoms with Gasteiger partial charge in [0.2, 0.25) is 5.91 Å². The molecule has 4 nitrogen and oxygen atoms in total. The molecule has 0 heterocycles. The van der Waals surface area contributed by atoms with E-state index in [1.54, 1.807) is 14.2 Å². The number of methoxy groups -OCH3 is 2. The number of amides is 1. The fourth-order valence-corrected chi connectivity index (χ4v) is 3.33. The van der Waals surface area contributed by atoms with Crippen molar-refractivity contribution in [3.8, 4) is 11.5 Å². The van der Waals surface area contributed by atoms with Crippen LogP contribution >= 0.6 is 0 Å². The number of hydrogen-bond donors (Lipinski definition) is 1. The molecule has 1 unspecified atom stereocenters. The monoisotopic (exact) mass is 353 g/mol. The van der Waals surface area contributed by atoms with E-state index in [0.717, 1.165) is 5.56 Å². The van der Waals surface area contributed by atoms with E-state index in [2.05, 4.69) is 36.5 Å². The maximum atomic E-state index is 12.5. The summed E-state index contributed by atoms with van der Waals surface area (Å²) >= 11 is 0. The van der Waals surface area contributed by atoms with Gasteiger partial charge in [-0.3, -0.25) is 4.79 Å². The maximum absolute atomic E-state index is 12.5. The third kappa shape index (κ3) is 4.57. The highest BCUT2D eigenvalue weighted by atomic mass is 16.5. The first kappa shape index (κ1) is 18.3. The Morgan fingerprint density at radius 3 is 2.38 bits per heavy atom. The molecule has 2 aromatic carbocycles. The summed E-state index contributed by atoms with van der Waals surface area (Å²) in [5.41, 5.74) is 3.52. The van der Waals surface area contributed by atoms with E-state index < -0.39 is 0 Å². The Kier molecular flexibility index (Phi) is 5.82. The van der Waals surface area contributed by atoms with Crippen molar-refractivity contribution < 1.29 is 14.3 Å². The van der Waals surface area contributed by atoms with Gasteiger partial charge in [0.25, 0.3) is 0 Å². The van der Waals surface area contributed by atoms with E-state index in [9.17, 15) is 4.79 Å². The number of carbonyl (C=O) groups is 1. The summed E-state index contributed by atoms with van der Waals surface area (Å²) in [6.07, 6.45) is 2.99. The van der Waals surface area contributed by atoms with Gasteiger partial charge in [-0.05, 0) is 54.9 Å². The van der Waals surface area contributed by atoms with Crippen molar-refractivity contribution in [2.75, 3.05) is 14.2 Å². The van der Waals surface area contributed by atoms with Gasteiger partial charge >= 0.3 is 0 Å². The number of aryl methyl sites for hydroxylation is 1. The zero-order valence-electron chi connectivity index (χ0n) is 15.7. The quantitative estimate of drug-likeness (QED) is 0.773. The number of carbonyl (C=O) groups excluding carboxylic acids is 1. The van der Waals surface area contributed by atoms with E-state index in [0.29, 0.717) is 36.3 Å². The van der Waals surface area contributed by atoms with E-state index in [-0.39, 0.29) is 5.91 Å². The second-order valence-corrected chi connectivity index (χ2v) is 7.02. The lowest BCUT2D eigenvalue weighted by Crippen LogP contribution is -2.25. The van der Waals surface area contributed by atoms with Crippen LogP contribution < -0.4 is 14.8 Å². The lowest BCUT2D eigenvalue weighted by Gasteiger charge is -2.17. The summed E-state index contributed by atoms with van der Waals surface area (Å²) < 4.78 is 10.6. The van der Waals surface area contributed by atoms with Crippen LogP contribution in [0.25, 0.3) is 0 Å². The van der Waals surface area contributed by atoms with Gasteiger partial charge in [-0.25, -0.2) is 0 Å². The van der Waals surface area contributed by atoms with Crippen LogP contribution in [0.15, 0.2) is 42.5 Å². The second-order valence-electron chi connectivity index (χ2n) is 7.02. The first-order chi connectivity index (χ1) is 12.6. The summed E-state index contributed by atoms with van der Waals surface area (Å²) in [6.45, 7) is 2.58. The zero-order valence-corrected chi connectivity index (χ0v) is 15.7. The van der Waals surface area contributed by atoms with Crippen LogP contribution in [0, 0.1) is 12.8 Å². The fraction of sp³-hybridized carbons (Fsp3) is 0.409. The first-order valence-corrected chi connectivity index (χ1v) is 9.15. The summed E-state index contributed by atoms with van der Waals surface area (Å²) in [5.74, 6) is 2.42. The minimum atomic E-state index is 0.0947. The maximum Gasteiger partial charge on any atom is 0.220 e. The first-order valence-electron chi connectivity index (χ1n) is 9.15. The smallest absolute Gasteiger partial charge is 0.220 e. The van der Waals surface area contributed by atoms with Crippen molar-refractivity contribution >= 4 is 5.91 Å². The molecule has 1 amide bonds. The van der Waals surface area contributed by atoms with Gasteiger partial charge in [-0.1, -0.05) is 35.9 Å². The average Bonchev–Trinajstić information content (AvgIpc) is 3.50. The molecule has 0 spiro atoms. The van der Waals surface area contributed by atoms with Gasteiger partial charge in [0.05, 0.1) is 14.2 Å². The largest absolute Gasteiger partial charge is 0.493 e. The van der Waals surface area contributed by atoms with Gasteiger partial charge in [0.1, 0.15) is 0 Å². The van der Waals surface area contributed by atoms with Crippen LogP contribution in [0.5, 0.6) is 11.5 Å². The number of benzene rings is 2. The SMILES string of the molecule is COc1ccc(CNC(=O)CC(c2ccc(C)cc2)C2CC2)cc1OC. The van der Waals surface area contributed by atoms with Gasteiger partial charge in [0.15, 0.2) is 11.5 Å². The van der Waals surface area contributed by atoms with Crippen molar-refractivity contribution in [2.24, 2.45) is 5.92 Å². The summed E-state index contributed by atoms with van der Waals surface area (Å²) in [6, 6.07) is 14.3.